The van der Waals surface area contributed by atoms with E-state index in [0.717, 1.165) is 6.07 Å². The van der Waals surface area contributed by atoms with Gasteiger partial charge in [0.25, 0.3) is 0 Å². The van der Waals surface area contributed by atoms with E-state index in [0.29, 0.717) is 17.4 Å². The van der Waals surface area contributed by atoms with Crippen LogP contribution in [0.5, 0.6) is 5.75 Å². The maximum Gasteiger partial charge on any atom is 0.417 e. The summed E-state index contributed by atoms with van der Waals surface area (Å²) in [5, 5.41) is -0.263. The molecular weight excluding hydrogens is 623 g/mol. The van der Waals surface area contributed by atoms with Crippen molar-refractivity contribution in [3.63, 3.8) is 0 Å². The molecule has 0 aliphatic carbocycles. The van der Waals surface area contributed by atoms with Crippen molar-refractivity contribution in [1.29, 1.82) is 0 Å². The number of nitrogens with zero attached hydrogens (tertiary/aromatic N) is 5. The predicted octanol–water partition coefficient (Wildman–Crippen LogP) is 4.74. The second-order valence-electron chi connectivity index (χ2n) is 11.0. The minimum atomic E-state index is -5.07. The normalized spacial score (nSPS) is 20.1. The van der Waals surface area contributed by atoms with Gasteiger partial charge in [-0.3, -0.25) is 9.36 Å². The molecule has 4 aromatic rings. The topological polar surface area (TPSA) is 116 Å². The van der Waals surface area contributed by atoms with Gasteiger partial charge in [0.2, 0.25) is 5.91 Å². The summed E-state index contributed by atoms with van der Waals surface area (Å²) < 4.78 is 87.5. The summed E-state index contributed by atoms with van der Waals surface area (Å²) in [6, 6.07) is -0.341. The van der Waals surface area contributed by atoms with Crippen molar-refractivity contribution in [2.45, 2.75) is 38.1 Å². The maximum atomic E-state index is 15.7. The number of hydrogen-bond acceptors (Lipinski definition) is 9. The molecule has 2 aromatic heterocycles. The molecule has 0 saturated carbocycles. The van der Waals surface area contributed by atoms with Crippen LogP contribution >= 0.6 is 11.3 Å². The Morgan fingerprint density at radius 1 is 1.18 bits per heavy atom. The number of fused-ring (bicyclic) bond motifs is 1. The van der Waals surface area contributed by atoms with Crippen molar-refractivity contribution in [2.75, 3.05) is 44.0 Å². The number of hydrogen-bond donors (Lipinski definition) is 1. The molecule has 1 amide bonds. The van der Waals surface area contributed by atoms with Crippen molar-refractivity contribution in [1.82, 2.24) is 19.4 Å². The molecule has 0 spiro atoms. The van der Waals surface area contributed by atoms with Crippen LogP contribution in [-0.2, 0) is 15.7 Å². The Balaban J connectivity index is 1.71. The van der Waals surface area contributed by atoms with E-state index in [-0.39, 0.29) is 58.8 Å². The molecule has 16 heteroatoms. The van der Waals surface area contributed by atoms with Gasteiger partial charge in [0.1, 0.15) is 24.1 Å². The number of amides is 1. The van der Waals surface area contributed by atoms with Gasteiger partial charge in [-0.05, 0) is 26.0 Å². The lowest BCUT2D eigenvalue weighted by molar-refractivity contribution is -0.137. The monoisotopic (exact) mass is 650 g/mol. The lowest BCUT2D eigenvalue weighted by Gasteiger charge is -2.45. The Bertz CT molecular complexity index is 1930. The van der Waals surface area contributed by atoms with Crippen LogP contribution in [0.4, 0.5) is 32.9 Å². The van der Waals surface area contributed by atoms with Gasteiger partial charge in [-0.2, -0.15) is 18.2 Å². The van der Waals surface area contributed by atoms with Gasteiger partial charge >= 0.3 is 11.9 Å². The predicted molar refractivity (Wildman–Crippen MR) is 159 cm³/mol. The molecular formula is C29H27F5N6O4S. The molecule has 3 atom stereocenters. The summed E-state index contributed by atoms with van der Waals surface area (Å²) in [4.78, 5) is 37.7. The van der Waals surface area contributed by atoms with Crippen molar-refractivity contribution < 1.29 is 36.2 Å². The van der Waals surface area contributed by atoms with E-state index < -0.39 is 69.6 Å². The zero-order chi connectivity index (χ0) is 32.5. The fourth-order valence-corrected chi connectivity index (χ4v) is 7.17. The molecule has 1 unspecified atom stereocenters. The first-order valence-electron chi connectivity index (χ1n) is 13.8. The molecule has 0 bridgehead atoms. The molecule has 2 aliphatic rings. The minimum absolute atomic E-state index is 0.0417. The van der Waals surface area contributed by atoms with Crippen LogP contribution in [0.25, 0.3) is 32.2 Å². The fraction of sp³-hybridized carbons (Fsp3) is 0.379. The summed E-state index contributed by atoms with van der Waals surface area (Å²) >= 11 is 0.659. The molecule has 6 rings (SSSR count). The molecule has 1 saturated heterocycles. The van der Waals surface area contributed by atoms with Gasteiger partial charge in [0.05, 0.1) is 33.9 Å². The number of aromatic nitrogens is 3. The number of alkyl halides is 3. The number of nitrogens with two attached hydrogens (primary N) is 1. The Labute approximate surface area is 256 Å². The standard InChI is InChI=1S/C29H27F5N6O4S/c1-5-19(41)39-12(2)8-38(9-13(39)3)26-15-6-16(29(32,33)34)20(21-17(30)7-18(31)25-22(21)36-27(35)45-25)24-23(15)40(28(42)37-26)14(10-43-4)11-44-24/h5-7,12-14H,1,8-11H2,2-4H3,(H2,35,36)/t12-,13+,14?. The molecule has 2 aliphatic heterocycles. The van der Waals surface area contributed by atoms with E-state index in [1.807, 2.05) is 0 Å². The Morgan fingerprint density at radius 3 is 2.49 bits per heavy atom. The fourth-order valence-electron chi connectivity index (χ4n) is 6.42. The Hall–Kier alpha value is -4.31. The van der Waals surface area contributed by atoms with Crippen LogP contribution in [0, 0.1) is 11.6 Å². The number of benzene rings is 2. The molecule has 238 valence electrons. The van der Waals surface area contributed by atoms with Gasteiger partial charge in [0, 0.05) is 54.9 Å². The minimum Gasteiger partial charge on any atom is -0.488 e. The zero-order valence-electron chi connectivity index (χ0n) is 24.2. The van der Waals surface area contributed by atoms with E-state index in [2.05, 4.69) is 16.5 Å². The average Bonchev–Trinajstić information content (AvgIpc) is 3.36. The summed E-state index contributed by atoms with van der Waals surface area (Å²) in [7, 11) is 1.39. The Kier molecular flexibility index (Phi) is 7.47. The average molecular weight is 651 g/mol. The van der Waals surface area contributed by atoms with Crippen LogP contribution in [0.1, 0.15) is 25.5 Å². The van der Waals surface area contributed by atoms with Gasteiger partial charge in [-0.15, -0.1) is 0 Å². The van der Waals surface area contributed by atoms with E-state index >= 15 is 4.39 Å². The third-order valence-electron chi connectivity index (χ3n) is 8.08. The van der Waals surface area contributed by atoms with Gasteiger partial charge in [0.15, 0.2) is 10.9 Å². The highest BCUT2D eigenvalue weighted by Gasteiger charge is 2.42. The van der Waals surface area contributed by atoms with Crippen molar-refractivity contribution in [3.05, 3.63) is 52.5 Å². The lowest BCUT2D eigenvalue weighted by Crippen LogP contribution is -2.58. The number of nitrogen functional groups attached to an aromatic ring is 1. The number of piperazine rings is 1. The second-order valence-corrected chi connectivity index (χ2v) is 12.1. The number of carbonyl (C=O) groups is 1. The smallest absolute Gasteiger partial charge is 0.417 e. The molecule has 1 fully saturated rings. The summed E-state index contributed by atoms with van der Waals surface area (Å²) in [6.45, 7) is 7.01. The number of halogens is 5. The second kappa shape index (κ2) is 10.9. The highest BCUT2D eigenvalue weighted by molar-refractivity contribution is 7.22. The number of anilines is 2. The molecule has 2 N–H and O–H groups in total. The largest absolute Gasteiger partial charge is 0.488 e. The summed E-state index contributed by atoms with van der Waals surface area (Å²) in [5.41, 5.74) is 1.80. The van der Waals surface area contributed by atoms with Crippen LogP contribution in [0.3, 0.4) is 0 Å². The van der Waals surface area contributed by atoms with Gasteiger partial charge < -0.3 is 25.0 Å². The molecule has 10 nitrogen and oxygen atoms in total. The van der Waals surface area contributed by atoms with E-state index in [1.165, 1.54) is 17.8 Å². The molecule has 4 heterocycles. The van der Waals surface area contributed by atoms with Crippen LogP contribution < -0.4 is 21.1 Å². The first-order valence-corrected chi connectivity index (χ1v) is 14.6. The van der Waals surface area contributed by atoms with E-state index in [9.17, 15) is 27.2 Å². The molecule has 45 heavy (non-hydrogen) atoms. The van der Waals surface area contributed by atoms with E-state index in [4.69, 9.17) is 15.2 Å². The van der Waals surface area contributed by atoms with E-state index in [1.54, 1.807) is 23.6 Å². The van der Waals surface area contributed by atoms with Crippen LogP contribution in [-0.4, -0.2) is 70.8 Å². The zero-order valence-corrected chi connectivity index (χ0v) is 25.1. The van der Waals surface area contributed by atoms with Crippen LogP contribution in [0.15, 0.2) is 29.6 Å². The van der Waals surface area contributed by atoms with Gasteiger partial charge in [-0.25, -0.2) is 18.6 Å². The Morgan fingerprint density at radius 2 is 1.87 bits per heavy atom. The van der Waals surface area contributed by atoms with Gasteiger partial charge in [-0.1, -0.05) is 17.9 Å². The number of thiazole rings is 1. The quantitative estimate of drug-likeness (QED) is 0.243. The van der Waals surface area contributed by atoms with Crippen molar-refractivity contribution >= 4 is 49.3 Å². The molecule has 2 aromatic carbocycles. The number of rotatable bonds is 5. The molecule has 0 radical (unpaired) electrons. The third kappa shape index (κ3) is 4.86. The van der Waals surface area contributed by atoms with Crippen molar-refractivity contribution in [2.24, 2.45) is 0 Å². The highest BCUT2D eigenvalue weighted by Crippen LogP contribution is 2.51. The first-order chi connectivity index (χ1) is 21.3. The number of carbonyl (C=O) groups excluding carboxylic acids is 1. The number of methoxy groups -OCH3 is 1. The van der Waals surface area contributed by atoms with Crippen LogP contribution in [0.2, 0.25) is 0 Å². The SMILES string of the molecule is C=CC(=O)N1[C@H](C)CN(c2nc(=O)n3c4c(c(-c5c(F)cc(F)c6sc(N)nc56)c(C(F)(F)F)cc24)OCC3COC)C[C@@H]1C. The third-order valence-corrected chi connectivity index (χ3v) is 8.97. The lowest BCUT2D eigenvalue weighted by atomic mass is 9.93. The van der Waals surface area contributed by atoms with Crippen molar-refractivity contribution in [3.8, 4) is 16.9 Å². The number of ether oxygens (including phenoxy) is 2. The highest BCUT2D eigenvalue weighted by atomic mass is 32.1. The maximum absolute atomic E-state index is 15.7. The summed E-state index contributed by atoms with van der Waals surface area (Å²) in [6.07, 6.45) is -3.89. The first kappa shape index (κ1) is 30.7. The summed E-state index contributed by atoms with van der Waals surface area (Å²) in [5.74, 6) is -3.16.